The van der Waals surface area contributed by atoms with Crippen molar-refractivity contribution in [2.45, 2.75) is 18.6 Å². The topological polar surface area (TPSA) is 23.6 Å². The number of amides is 1. The van der Waals surface area contributed by atoms with E-state index in [4.69, 9.17) is 0 Å². The Labute approximate surface area is 160 Å². The number of carbonyl (C=O) groups excluding carboxylic acids is 1. The van der Waals surface area contributed by atoms with Crippen LogP contribution in [-0.4, -0.2) is 35.5 Å². The zero-order valence-electron chi connectivity index (χ0n) is 15.7. The molecule has 3 aromatic carbocycles. The average Bonchev–Trinajstić information content (AvgIpc) is 2.99. The fraction of sp³-hybridized carbons (Fsp3) is 0.208. The van der Waals surface area contributed by atoms with Gasteiger partial charge in [0.1, 0.15) is 0 Å². The Morgan fingerprint density at radius 2 is 1.11 bits per heavy atom. The first-order chi connectivity index (χ1) is 13.2. The summed E-state index contributed by atoms with van der Waals surface area (Å²) in [5.41, 5.74) is 2.95. The minimum atomic E-state index is -0.538. The minimum Gasteiger partial charge on any atom is -0.329 e. The monoisotopic (exact) mass is 356 g/mol. The maximum Gasteiger partial charge on any atom is 0.237 e. The van der Waals surface area contributed by atoms with Crippen molar-refractivity contribution in [3.63, 3.8) is 0 Å². The Morgan fingerprint density at radius 3 is 1.41 bits per heavy atom. The molecule has 1 saturated heterocycles. The summed E-state index contributed by atoms with van der Waals surface area (Å²) in [6.07, 6.45) is -0.0156. The Morgan fingerprint density at radius 1 is 0.741 bits per heavy atom. The second-order valence-corrected chi connectivity index (χ2v) is 7.07. The molecule has 3 aromatic rings. The Hall–Kier alpha value is -2.91. The van der Waals surface area contributed by atoms with E-state index in [1.165, 1.54) is 0 Å². The van der Waals surface area contributed by atoms with Crippen molar-refractivity contribution >= 4 is 5.91 Å². The van der Waals surface area contributed by atoms with Gasteiger partial charge in [-0.05, 0) is 23.6 Å². The zero-order chi connectivity index (χ0) is 18.9. The van der Waals surface area contributed by atoms with Crippen LogP contribution >= 0.6 is 0 Å². The van der Waals surface area contributed by atoms with Gasteiger partial charge in [0, 0.05) is 7.05 Å². The molecule has 0 saturated carbocycles. The SMILES string of the molecule is CC1N(C)C(=O)CN1C(c1ccccc1)(c1ccccc1)c1ccccc1. The molecule has 3 nitrogen and oxygen atoms in total. The van der Waals surface area contributed by atoms with Gasteiger partial charge in [0.25, 0.3) is 0 Å². The van der Waals surface area contributed by atoms with Gasteiger partial charge in [-0.2, -0.15) is 0 Å². The van der Waals surface area contributed by atoms with Crippen molar-refractivity contribution in [3.8, 4) is 0 Å². The highest BCUT2D eigenvalue weighted by Crippen LogP contribution is 2.45. The van der Waals surface area contributed by atoms with Crippen LogP contribution in [0.25, 0.3) is 0 Å². The number of likely N-dealkylation sites (N-methyl/N-ethyl adjacent to an activating group) is 1. The lowest BCUT2D eigenvalue weighted by molar-refractivity contribution is -0.126. The summed E-state index contributed by atoms with van der Waals surface area (Å²) in [6, 6.07) is 31.5. The number of benzene rings is 3. The Kier molecular flexibility index (Phi) is 4.54. The largest absolute Gasteiger partial charge is 0.329 e. The third-order valence-electron chi connectivity index (χ3n) is 5.72. The van der Waals surface area contributed by atoms with E-state index in [-0.39, 0.29) is 12.1 Å². The van der Waals surface area contributed by atoms with Crippen LogP contribution in [0.3, 0.4) is 0 Å². The average molecular weight is 356 g/mol. The highest BCUT2D eigenvalue weighted by molar-refractivity contribution is 5.81. The molecule has 1 aliphatic rings. The second-order valence-electron chi connectivity index (χ2n) is 7.07. The van der Waals surface area contributed by atoms with E-state index in [1.807, 2.05) is 30.1 Å². The van der Waals surface area contributed by atoms with Crippen molar-refractivity contribution < 1.29 is 4.79 Å². The van der Waals surface area contributed by atoms with E-state index in [1.54, 1.807) is 0 Å². The van der Waals surface area contributed by atoms with E-state index in [0.717, 1.165) is 16.7 Å². The van der Waals surface area contributed by atoms with Gasteiger partial charge >= 0.3 is 0 Å². The molecule has 1 heterocycles. The van der Waals surface area contributed by atoms with Crippen LogP contribution in [0.1, 0.15) is 23.6 Å². The number of carbonyl (C=O) groups is 1. The first-order valence-electron chi connectivity index (χ1n) is 9.34. The minimum absolute atomic E-state index is 0.0156. The van der Waals surface area contributed by atoms with Crippen LogP contribution in [0.2, 0.25) is 0 Å². The molecule has 3 heteroatoms. The van der Waals surface area contributed by atoms with Crippen LogP contribution in [0, 0.1) is 0 Å². The molecule has 1 aliphatic heterocycles. The van der Waals surface area contributed by atoms with Crippen LogP contribution in [-0.2, 0) is 10.3 Å². The van der Waals surface area contributed by atoms with Gasteiger partial charge in [0.05, 0.1) is 18.2 Å². The summed E-state index contributed by atoms with van der Waals surface area (Å²) in [5.74, 6) is 0.148. The predicted octanol–water partition coefficient (Wildman–Crippen LogP) is 4.10. The summed E-state index contributed by atoms with van der Waals surface area (Å²) in [6.45, 7) is 2.49. The standard InChI is InChI=1S/C24H24N2O/c1-19-25(2)23(27)18-26(19)24(20-12-6-3-7-13-20,21-14-8-4-9-15-21)22-16-10-5-11-17-22/h3-17,19H,18H2,1-2H3. The van der Waals surface area contributed by atoms with E-state index < -0.39 is 5.54 Å². The van der Waals surface area contributed by atoms with Crippen LogP contribution in [0.5, 0.6) is 0 Å². The van der Waals surface area contributed by atoms with Crippen molar-refractivity contribution in [1.29, 1.82) is 0 Å². The fourth-order valence-corrected chi connectivity index (χ4v) is 4.24. The van der Waals surface area contributed by atoms with E-state index in [9.17, 15) is 4.79 Å². The lowest BCUT2D eigenvalue weighted by atomic mass is 9.75. The summed E-state index contributed by atoms with van der Waals surface area (Å²) >= 11 is 0. The molecule has 0 aromatic heterocycles. The normalized spacial score (nSPS) is 18.1. The molecule has 0 aliphatic carbocycles. The summed E-state index contributed by atoms with van der Waals surface area (Å²) in [4.78, 5) is 16.8. The molecule has 1 atom stereocenters. The first-order valence-corrected chi connectivity index (χ1v) is 9.34. The number of hydrogen-bond donors (Lipinski definition) is 0. The molecule has 0 radical (unpaired) electrons. The molecule has 1 amide bonds. The number of nitrogens with zero attached hydrogens (tertiary/aromatic N) is 2. The molecule has 0 bridgehead atoms. The van der Waals surface area contributed by atoms with Gasteiger partial charge in [0.2, 0.25) is 5.91 Å². The lowest BCUT2D eigenvalue weighted by Crippen LogP contribution is -2.51. The quantitative estimate of drug-likeness (QED) is 0.657. The predicted molar refractivity (Wildman–Crippen MR) is 108 cm³/mol. The Bertz CT molecular complexity index is 812. The van der Waals surface area contributed by atoms with Crippen molar-refractivity contribution in [1.82, 2.24) is 9.80 Å². The van der Waals surface area contributed by atoms with Crippen LogP contribution in [0.15, 0.2) is 91.0 Å². The van der Waals surface area contributed by atoms with Gasteiger partial charge in [-0.15, -0.1) is 0 Å². The fourth-order valence-electron chi connectivity index (χ4n) is 4.24. The Balaban J connectivity index is 2.06. The summed E-state index contributed by atoms with van der Waals surface area (Å²) < 4.78 is 0. The van der Waals surface area contributed by atoms with Gasteiger partial charge in [-0.1, -0.05) is 91.0 Å². The molecule has 136 valence electrons. The number of hydrogen-bond acceptors (Lipinski definition) is 2. The molecular formula is C24H24N2O. The van der Waals surface area contributed by atoms with Crippen molar-refractivity contribution in [2.75, 3.05) is 13.6 Å². The van der Waals surface area contributed by atoms with Gasteiger partial charge < -0.3 is 4.90 Å². The zero-order valence-corrected chi connectivity index (χ0v) is 15.7. The first kappa shape index (κ1) is 17.5. The maximum absolute atomic E-state index is 12.6. The molecule has 27 heavy (non-hydrogen) atoms. The lowest BCUT2D eigenvalue weighted by Gasteiger charge is -2.45. The molecule has 0 N–H and O–H groups in total. The number of rotatable bonds is 4. The summed E-state index contributed by atoms with van der Waals surface area (Å²) in [7, 11) is 1.89. The molecule has 4 rings (SSSR count). The van der Waals surface area contributed by atoms with Crippen molar-refractivity contribution in [3.05, 3.63) is 108 Å². The van der Waals surface area contributed by atoms with Crippen LogP contribution in [0.4, 0.5) is 0 Å². The third kappa shape index (κ3) is 2.75. The second kappa shape index (κ2) is 7.01. The molecule has 1 fully saturated rings. The van der Waals surface area contributed by atoms with Gasteiger partial charge in [0.15, 0.2) is 0 Å². The third-order valence-corrected chi connectivity index (χ3v) is 5.72. The summed E-state index contributed by atoms with van der Waals surface area (Å²) in [5, 5.41) is 0. The van der Waals surface area contributed by atoms with E-state index >= 15 is 0 Å². The van der Waals surface area contributed by atoms with E-state index in [2.05, 4.69) is 84.6 Å². The van der Waals surface area contributed by atoms with Gasteiger partial charge in [-0.25, -0.2) is 0 Å². The molecule has 1 unspecified atom stereocenters. The molecule has 0 spiro atoms. The highest BCUT2D eigenvalue weighted by Gasteiger charge is 2.49. The van der Waals surface area contributed by atoms with Gasteiger partial charge in [-0.3, -0.25) is 9.69 Å². The van der Waals surface area contributed by atoms with Crippen LogP contribution < -0.4 is 0 Å². The highest BCUT2D eigenvalue weighted by atomic mass is 16.2. The van der Waals surface area contributed by atoms with Crippen molar-refractivity contribution in [2.24, 2.45) is 0 Å². The maximum atomic E-state index is 12.6. The van der Waals surface area contributed by atoms with E-state index in [0.29, 0.717) is 6.54 Å². The smallest absolute Gasteiger partial charge is 0.237 e. The molecular weight excluding hydrogens is 332 g/mol.